The van der Waals surface area contributed by atoms with Gasteiger partial charge in [0.1, 0.15) is 22.9 Å². The van der Waals surface area contributed by atoms with E-state index in [9.17, 15) is 14.7 Å². The number of amides is 1. The zero-order chi connectivity index (χ0) is 25.0. The first-order valence-electron chi connectivity index (χ1n) is 11.4. The number of aromatic nitrogens is 3. The van der Waals surface area contributed by atoms with Crippen molar-refractivity contribution in [3.05, 3.63) is 41.2 Å². The van der Waals surface area contributed by atoms with Gasteiger partial charge in [0.25, 0.3) is 0 Å². The molecule has 2 aliphatic rings. The number of nitrogens with zero attached hydrogens (tertiary/aromatic N) is 4. The van der Waals surface area contributed by atoms with Crippen molar-refractivity contribution in [3.8, 4) is 28.1 Å². The van der Waals surface area contributed by atoms with Gasteiger partial charge < -0.3 is 20.1 Å². The van der Waals surface area contributed by atoms with E-state index < -0.39 is 11.1 Å². The number of ether oxygens (including phenoxy) is 1. The topological polar surface area (TPSA) is 110 Å². The van der Waals surface area contributed by atoms with Crippen LogP contribution in [0.2, 0.25) is 0 Å². The fourth-order valence-corrected chi connectivity index (χ4v) is 5.47. The van der Waals surface area contributed by atoms with Crippen LogP contribution in [0.4, 0.5) is 5.13 Å². The van der Waals surface area contributed by atoms with Crippen LogP contribution in [0, 0.1) is 0 Å². The first-order chi connectivity index (χ1) is 16.5. The third kappa shape index (κ3) is 4.36. The Balaban J connectivity index is 1.49. The van der Waals surface area contributed by atoms with Crippen LogP contribution in [-0.4, -0.2) is 56.0 Å². The minimum Gasteiger partial charge on any atom is -0.492 e. The molecular formula is C25H27N5O4S. The lowest BCUT2D eigenvalue weighted by Crippen LogP contribution is -2.61. The molecule has 2 N–H and O–H groups in total. The van der Waals surface area contributed by atoms with E-state index in [1.54, 1.807) is 24.7 Å². The van der Waals surface area contributed by atoms with E-state index in [0.29, 0.717) is 24.7 Å². The van der Waals surface area contributed by atoms with Crippen molar-refractivity contribution >= 4 is 28.3 Å². The van der Waals surface area contributed by atoms with Crippen molar-refractivity contribution in [3.63, 3.8) is 0 Å². The summed E-state index contributed by atoms with van der Waals surface area (Å²) in [7, 11) is 0. The van der Waals surface area contributed by atoms with Crippen molar-refractivity contribution in [2.24, 2.45) is 0 Å². The summed E-state index contributed by atoms with van der Waals surface area (Å²) in [4.78, 5) is 31.7. The highest BCUT2D eigenvalue weighted by Crippen LogP contribution is 2.43. The Labute approximate surface area is 207 Å². The molecule has 4 heterocycles. The summed E-state index contributed by atoms with van der Waals surface area (Å²) in [6.45, 7) is 8.27. The lowest BCUT2D eigenvalue weighted by molar-refractivity contribution is -0.125. The molecule has 0 spiro atoms. The van der Waals surface area contributed by atoms with Crippen LogP contribution in [0.15, 0.2) is 36.3 Å². The Morgan fingerprint density at radius 1 is 1.31 bits per heavy atom. The number of carbonyl (C=O) groups is 1. The molecule has 1 fully saturated rings. The van der Waals surface area contributed by atoms with Crippen molar-refractivity contribution in [1.82, 2.24) is 20.1 Å². The Morgan fingerprint density at radius 2 is 2.11 bits per heavy atom. The van der Waals surface area contributed by atoms with Crippen molar-refractivity contribution in [2.75, 3.05) is 18.1 Å². The van der Waals surface area contributed by atoms with Gasteiger partial charge >= 0.3 is 0 Å². The highest BCUT2D eigenvalue weighted by molar-refractivity contribution is 7.16. The van der Waals surface area contributed by atoms with E-state index in [-0.39, 0.29) is 18.1 Å². The van der Waals surface area contributed by atoms with Gasteiger partial charge in [0.15, 0.2) is 5.13 Å². The Bertz CT molecular complexity index is 1360. The molecule has 1 amide bonds. The average Bonchev–Trinajstić information content (AvgIpc) is 3.38. The van der Waals surface area contributed by atoms with E-state index in [0.717, 1.165) is 33.0 Å². The zero-order valence-electron chi connectivity index (χ0n) is 20.1. The molecule has 5 rings (SSSR count). The van der Waals surface area contributed by atoms with E-state index in [2.05, 4.69) is 10.4 Å². The smallest absolute Gasteiger partial charge is 0.250 e. The number of piperazine rings is 1. The first-order valence-corrected chi connectivity index (χ1v) is 12.2. The quantitative estimate of drug-likeness (QED) is 0.538. The fraction of sp³-hybridized carbons (Fsp3) is 0.400. The Kier molecular flexibility index (Phi) is 5.55. The summed E-state index contributed by atoms with van der Waals surface area (Å²) in [6, 6.07) is 5.99. The molecule has 2 aromatic heterocycles. The van der Waals surface area contributed by atoms with E-state index in [4.69, 9.17) is 9.72 Å². The van der Waals surface area contributed by atoms with Crippen LogP contribution in [-0.2, 0) is 22.6 Å². The van der Waals surface area contributed by atoms with Gasteiger partial charge in [0.05, 0.1) is 37.2 Å². The maximum atomic E-state index is 12.6. The molecule has 0 atom stereocenters. The SMILES string of the molecule is CC(C)(O)Cn1cc(-c2ccc3c(c2)OCCc2sc(N4CC(=C=O)NC(=O)C4(C)C)nc2-3)cn1. The average molecular weight is 494 g/mol. The van der Waals surface area contributed by atoms with E-state index in [1.807, 2.05) is 49.1 Å². The third-order valence-corrected chi connectivity index (χ3v) is 7.33. The molecule has 2 aliphatic heterocycles. The maximum Gasteiger partial charge on any atom is 0.250 e. The molecule has 10 heteroatoms. The highest BCUT2D eigenvalue weighted by Gasteiger charge is 2.42. The Morgan fingerprint density at radius 3 is 2.86 bits per heavy atom. The van der Waals surface area contributed by atoms with Crippen LogP contribution < -0.4 is 15.0 Å². The Hall–Kier alpha value is -3.46. The number of thiazole rings is 1. The maximum absolute atomic E-state index is 12.6. The van der Waals surface area contributed by atoms with Crippen LogP contribution in [0.3, 0.4) is 0 Å². The molecule has 1 aromatic carbocycles. The minimum absolute atomic E-state index is 0.207. The molecule has 3 aromatic rings. The van der Waals surface area contributed by atoms with Crippen LogP contribution in [0.1, 0.15) is 32.6 Å². The van der Waals surface area contributed by atoms with Gasteiger partial charge in [0.2, 0.25) is 5.91 Å². The molecule has 1 saturated heterocycles. The second-order valence-electron chi connectivity index (χ2n) is 10.00. The summed E-state index contributed by atoms with van der Waals surface area (Å²) < 4.78 is 7.81. The molecule has 0 unspecified atom stereocenters. The van der Waals surface area contributed by atoms with Gasteiger partial charge in [-0.15, -0.1) is 11.3 Å². The molecular weight excluding hydrogens is 466 g/mol. The summed E-state index contributed by atoms with van der Waals surface area (Å²) in [5.74, 6) is 2.30. The lowest BCUT2D eigenvalue weighted by Gasteiger charge is -2.41. The predicted octanol–water partition coefficient (Wildman–Crippen LogP) is 2.81. The van der Waals surface area contributed by atoms with Gasteiger partial charge in [-0.25, -0.2) is 9.78 Å². The highest BCUT2D eigenvalue weighted by atomic mass is 32.1. The summed E-state index contributed by atoms with van der Waals surface area (Å²) in [5.41, 5.74) is 2.10. The number of benzene rings is 1. The molecule has 0 aliphatic carbocycles. The largest absolute Gasteiger partial charge is 0.492 e. The predicted molar refractivity (Wildman–Crippen MR) is 133 cm³/mol. The number of rotatable bonds is 4. The molecule has 9 nitrogen and oxygen atoms in total. The van der Waals surface area contributed by atoms with E-state index >= 15 is 0 Å². The van der Waals surface area contributed by atoms with Crippen LogP contribution >= 0.6 is 11.3 Å². The first kappa shape index (κ1) is 23.3. The van der Waals surface area contributed by atoms with Crippen molar-refractivity contribution < 1.29 is 19.4 Å². The summed E-state index contributed by atoms with van der Waals surface area (Å²) >= 11 is 1.52. The summed E-state index contributed by atoms with van der Waals surface area (Å²) in [6.07, 6.45) is 4.37. The van der Waals surface area contributed by atoms with Crippen molar-refractivity contribution in [1.29, 1.82) is 0 Å². The molecule has 35 heavy (non-hydrogen) atoms. The molecule has 182 valence electrons. The monoisotopic (exact) mass is 493 g/mol. The number of fused-ring (bicyclic) bond motifs is 3. The second kappa shape index (κ2) is 8.34. The van der Waals surface area contributed by atoms with Gasteiger partial charge in [-0.1, -0.05) is 6.07 Å². The lowest BCUT2D eigenvalue weighted by atomic mass is 9.99. The standard InChI is InChI=1S/C25H27N5O4S/c1-24(2,33)14-29-11-16(10-26-29)15-5-6-18-19(9-15)34-8-7-20-21(18)28-23(35-20)30-12-17(13-31)27-22(32)25(30,3)4/h5-6,9-11,33H,7-8,12,14H2,1-4H3,(H,27,32). The second-order valence-corrected chi connectivity index (χ2v) is 11.1. The summed E-state index contributed by atoms with van der Waals surface area (Å²) in [5, 5.41) is 17.8. The number of aliphatic hydroxyl groups is 1. The van der Waals surface area contributed by atoms with Crippen molar-refractivity contribution in [2.45, 2.75) is 51.8 Å². The number of hydrogen-bond acceptors (Lipinski definition) is 8. The fourth-order valence-electron chi connectivity index (χ4n) is 4.27. The van der Waals surface area contributed by atoms with Gasteiger partial charge in [-0.3, -0.25) is 9.48 Å². The van der Waals surface area contributed by atoms with Gasteiger partial charge in [-0.05, 0) is 45.4 Å². The number of hydrogen-bond donors (Lipinski definition) is 2. The van der Waals surface area contributed by atoms with Crippen LogP contribution in [0.5, 0.6) is 5.75 Å². The number of anilines is 1. The molecule has 0 bridgehead atoms. The zero-order valence-corrected chi connectivity index (χ0v) is 20.9. The number of nitrogens with one attached hydrogen (secondary N) is 1. The van der Waals surface area contributed by atoms with Gasteiger partial charge in [-0.2, -0.15) is 5.10 Å². The van der Waals surface area contributed by atoms with Gasteiger partial charge in [0, 0.05) is 28.6 Å². The third-order valence-electron chi connectivity index (χ3n) is 6.19. The number of carbonyl (C=O) groups excluding carboxylic acids is 2. The normalized spacial score (nSPS) is 17.1. The van der Waals surface area contributed by atoms with Crippen LogP contribution in [0.25, 0.3) is 22.4 Å². The van der Waals surface area contributed by atoms with E-state index in [1.165, 1.54) is 11.3 Å². The molecule has 0 saturated carbocycles. The minimum atomic E-state index is -0.858. The molecule has 0 radical (unpaired) electrons.